The largest absolute Gasteiger partial charge is 0.380 e. The molecule has 1 aliphatic carbocycles. The molecule has 1 atom stereocenters. The number of nitrogens with zero attached hydrogens (tertiary/aromatic N) is 3. The summed E-state index contributed by atoms with van der Waals surface area (Å²) in [7, 11) is 1.71. The van der Waals surface area contributed by atoms with E-state index in [2.05, 4.69) is 47.5 Å². The summed E-state index contributed by atoms with van der Waals surface area (Å²) in [6.07, 6.45) is 9.29. The van der Waals surface area contributed by atoms with E-state index in [4.69, 9.17) is 20.4 Å². The molecule has 0 fully saturated rings. The highest BCUT2D eigenvalue weighted by Crippen LogP contribution is 2.29. The molecule has 0 saturated carbocycles. The van der Waals surface area contributed by atoms with Gasteiger partial charge in [0.15, 0.2) is 0 Å². The van der Waals surface area contributed by atoms with Gasteiger partial charge >= 0.3 is 0 Å². The minimum atomic E-state index is 0.274. The highest BCUT2D eigenvalue weighted by molar-refractivity contribution is 6.32. The van der Waals surface area contributed by atoms with Gasteiger partial charge in [-0.1, -0.05) is 30.4 Å². The number of methoxy groups -OCH3 is 1. The van der Waals surface area contributed by atoms with Gasteiger partial charge in [-0.3, -0.25) is 9.98 Å². The van der Waals surface area contributed by atoms with Gasteiger partial charge in [0.05, 0.1) is 35.6 Å². The second-order valence-corrected chi connectivity index (χ2v) is 8.16. The molecular weight excluding hydrogens is 384 g/mol. The number of pyridine rings is 2. The molecule has 3 aromatic rings. The van der Waals surface area contributed by atoms with Crippen LogP contribution in [-0.2, 0) is 11.3 Å². The summed E-state index contributed by atoms with van der Waals surface area (Å²) < 4.78 is 5.29. The fourth-order valence-electron chi connectivity index (χ4n) is 4.31. The van der Waals surface area contributed by atoms with Crippen molar-refractivity contribution >= 4 is 27.9 Å². The topological polar surface area (TPSA) is 73.4 Å². The SMILES string of the molecule is COCc1cccc(C2=NCC=C2c2ccc3ncc(C4=CCC(N)CC4)cc3n2)c1. The normalized spacial score (nSPS) is 18.6. The fraction of sp³-hybridized carbons (Fsp3) is 0.269. The van der Waals surface area contributed by atoms with Gasteiger partial charge in [-0.25, -0.2) is 4.98 Å². The summed E-state index contributed by atoms with van der Waals surface area (Å²) in [4.78, 5) is 14.4. The zero-order valence-corrected chi connectivity index (χ0v) is 17.7. The molecule has 1 unspecified atom stereocenters. The van der Waals surface area contributed by atoms with Crippen LogP contribution in [0, 0.1) is 0 Å². The summed E-state index contributed by atoms with van der Waals surface area (Å²) in [5.41, 5.74) is 15.5. The van der Waals surface area contributed by atoms with Crippen LogP contribution in [0.1, 0.15) is 41.6 Å². The summed E-state index contributed by atoms with van der Waals surface area (Å²) in [5, 5.41) is 0. The van der Waals surface area contributed by atoms with E-state index in [9.17, 15) is 0 Å². The van der Waals surface area contributed by atoms with Crippen molar-refractivity contribution in [2.24, 2.45) is 10.7 Å². The Morgan fingerprint density at radius 1 is 1.06 bits per heavy atom. The van der Waals surface area contributed by atoms with Crippen molar-refractivity contribution in [3.8, 4) is 0 Å². The first kappa shape index (κ1) is 19.8. The number of benzene rings is 1. The van der Waals surface area contributed by atoms with Gasteiger partial charge in [0.1, 0.15) is 0 Å². The zero-order chi connectivity index (χ0) is 21.2. The van der Waals surface area contributed by atoms with Crippen LogP contribution in [0.5, 0.6) is 0 Å². The lowest BCUT2D eigenvalue weighted by Crippen LogP contribution is -2.21. The molecule has 5 heteroatoms. The predicted molar refractivity (Wildman–Crippen MR) is 126 cm³/mol. The number of hydrogen-bond donors (Lipinski definition) is 1. The molecule has 156 valence electrons. The third-order valence-corrected chi connectivity index (χ3v) is 5.95. The number of allylic oxidation sites excluding steroid dienone is 2. The van der Waals surface area contributed by atoms with Gasteiger partial charge < -0.3 is 10.5 Å². The average molecular weight is 411 g/mol. The van der Waals surface area contributed by atoms with Crippen LogP contribution >= 0.6 is 0 Å². The van der Waals surface area contributed by atoms with Gasteiger partial charge in [-0.2, -0.15) is 0 Å². The van der Waals surface area contributed by atoms with E-state index in [-0.39, 0.29) is 6.04 Å². The Balaban J connectivity index is 1.48. The number of aliphatic imine (C=N–C) groups is 1. The van der Waals surface area contributed by atoms with Crippen LogP contribution in [0.4, 0.5) is 0 Å². The lowest BCUT2D eigenvalue weighted by molar-refractivity contribution is 0.185. The van der Waals surface area contributed by atoms with Crippen molar-refractivity contribution in [1.82, 2.24) is 9.97 Å². The van der Waals surface area contributed by atoms with Crippen molar-refractivity contribution in [3.63, 3.8) is 0 Å². The van der Waals surface area contributed by atoms with Gasteiger partial charge in [0.25, 0.3) is 0 Å². The van der Waals surface area contributed by atoms with Gasteiger partial charge in [0, 0.05) is 30.5 Å². The van der Waals surface area contributed by atoms with Crippen LogP contribution < -0.4 is 5.73 Å². The molecule has 0 bridgehead atoms. The first-order valence-electron chi connectivity index (χ1n) is 10.8. The minimum absolute atomic E-state index is 0.274. The lowest BCUT2D eigenvalue weighted by Gasteiger charge is -2.18. The van der Waals surface area contributed by atoms with Crippen LogP contribution in [0.3, 0.4) is 0 Å². The van der Waals surface area contributed by atoms with Crippen molar-refractivity contribution in [1.29, 1.82) is 0 Å². The molecule has 3 heterocycles. The van der Waals surface area contributed by atoms with Crippen molar-refractivity contribution in [3.05, 3.63) is 83.2 Å². The molecule has 5 nitrogen and oxygen atoms in total. The first-order chi connectivity index (χ1) is 15.2. The lowest BCUT2D eigenvalue weighted by atomic mass is 9.92. The maximum Gasteiger partial charge on any atom is 0.0900 e. The highest BCUT2D eigenvalue weighted by Gasteiger charge is 2.19. The molecule has 2 aliphatic rings. The van der Waals surface area contributed by atoms with E-state index in [0.29, 0.717) is 13.2 Å². The number of ether oxygens (including phenoxy) is 1. The quantitative estimate of drug-likeness (QED) is 0.669. The van der Waals surface area contributed by atoms with Gasteiger partial charge in [-0.05, 0) is 60.2 Å². The second kappa shape index (κ2) is 8.53. The van der Waals surface area contributed by atoms with Crippen molar-refractivity contribution in [2.75, 3.05) is 13.7 Å². The molecule has 2 aromatic heterocycles. The maximum absolute atomic E-state index is 6.05. The summed E-state index contributed by atoms with van der Waals surface area (Å²) in [6.45, 7) is 1.26. The molecule has 0 saturated heterocycles. The summed E-state index contributed by atoms with van der Waals surface area (Å²) >= 11 is 0. The number of fused-ring (bicyclic) bond motifs is 1. The molecule has 0 radical (unpaired) electrons. The number of hydrogen-bond acceptors (Lipinski definition) is 5. The Bertz CT molecular complexity index is 1230. The molecule has 31 heavy (non-hydrogen) atoms. The zero-order valence-electron chi connectivity index (χ0n) is 17.7. The maximum atomic E-state index is 6.05. The summed E-state index contributed by atoms with van der Waals surface area (Å²) in [5.74, 6) is 0. The Hall–Kier alpha value is -3.15. The monoisotopic (exact) mass is 410 g/mol. The molecule has 1 aromatic carbocycles. The van der Waals surface area contributed by atoms with E-state index in [1.165, 1.54) is 5.57 Å². The number of aromatic nitrogens is 2. The average Bonchev–Trinajstić information content (AvgIpc) is 3.29. The van der Waals surface area contributed by atoms with E-state index in [1.807, 2.05) is 18.3 Å². The van der Waals surface area contributed by atoms with Gasteiger partial charge in [-0.15, -0.1) is 0 Å². The van der Waals surface area contributed by atoms with E-state index in [0.717, 1.165) is 64.0 Å². The Morgan fingerprint density at radius 3 is 2.84 bits per heavy atom. The van der Waals surface area contributed by atoms with Crippen molar-refractivity contribution < 1.29 is 4.74 Å². The van der Waals surface area contributed by atoms with Gasteiger partial charge in [0.2, 0.25) is 0 Å². The van der Waals surface area contributed by atoms with Crippen LogP contribution in [0.2, 0.25) is 0 Å². The van der Waals surface area contributed by atoms with Crippen LogP contribution in [-0.4, -0.2) is 35.4 Å². The highest BCUT2D eigenvalue weighted by atomic mass is 16.5. The van der Waals surface area contributed by atoms with Crippen LogP contribution in [0.15, 0.2) is 65.8 Å². The number of rotatable bonds is 5. The minimum Gasteiger partial charge on any atom is -0.380 e. The Labute approximate surface area is 182 Å². The van der Waals surface area contributed by atoms with Crippen LogP contribution in [0.25, 0.3) is 22.2 Å². The fourth-order valence-corrected chi connectivity index (χ4v) is 4.31. The third kappa shape index (κ3) is 4.07. The smallest absolute Gasteiger partial charge is 0.0900 e. The standard InChI is InChI=1S/C26H26N4O/c1-31-16-17-3-2-4-19(13-17)26-22(11-12-28-26)23-9-10-24-25(30-23)14-20(15-29-24)18-5-7-21(27)8-6-18/h2-5,9-11,13-15,21H,6-8,12,16,27H2,1H3. The van der Waals surface area contributed by atoms with E-state index in [1.54, 1.807) is 7.11 Å². The molecule has 5 rings (SSSR count). The molecule has 0 spiro atoms. The first-order valence-corrected chi connectivity index (χ1v) is 10.8. The molecule has 0 amide bonds. The predicted octanol–water partition coefficient (Wildman–Crippen LogP) is 4.56. The molecule has 1 aliphatic heterocycles. The number of nitrogens with two attached hydrogens (primary N) is 1. The molecule has 2 N–H and O–H groups in total. The van der Waals surface area contributed by atoms with Crippen molar-refractivity contribution in [2.45, 2.75) is 31.9 Å². The molecular formula is C26H26N4O. The Kier molecular flexibility index (Phi) is 5.45. The van der Waals surface area contributed by atoms with E-state index >= 15 is 0 Å². The third-order valence-electron chi connectivity index (χ3n) is 5.95. The second-order valence-electron chi connectivity index (χ2n) is 8.16. The Morgan fingerprint density at radius 2 is 2.00 bits per heavy atom. The summed E-state index contributed by atoms with van der Waals surface area (Å²) in [6, 6.07) is 14.9. The van der Waals surface area contributed by atoms with E-state index < -0.39 is 0 Å².